The first-order valence-electron chi connectivity index (χ1n) is 9.51. The molecule has 1 heterocycles. The van der Waals surface area contributed by atoms with Crippen molar-refractivity contribution in [2.24, 2.45) is 5.92 Å². The van der Waals surface area contributed by atoms with E-state index >= 15 is 0 Å². The molecule has 0 unspecified atom stereocenters. The van der Waals surface area contributed by atoms with Crippen LogP contribution in [-0.2, 0) is 10.0 Å². The zero-order valence-electron chi connectivity index (χ0n) is 16.2. The monoisotopic (exact) mass is 402 g/mol. The Balaban J connectivity index is 1.72. The number of amides is 1. The largest absolute Gasteiger partial charge is 0.492 e. The number of nitrogens with one attached hydrogen (secondary N) is 1. The van der Waals surface area contributed by atoms with Crippen LogP contribution in [0.15, 0.2) is 53.4 Å². The van der Waals surface area contributed by atoms with E-state index in [-0.39, 0.29) is 10.8 Å². The zero-order chi connectivity index (χ0) is 20.1. The summed E-state index contributed by atoms with van der Waals surface area (Å²) in [7, 11) is -3.46. The fraction of sp³-hybridized carbons (Fsp3) is 0.381. The highest BCUT2D eigenvalue weighted by molar-refractivity contribution is 7.89. The Morgan fingerprint density at radius 1 is 1.07 bits per heavy atom. The summed E-state index contributed by atoms with van der Waals surface area (Å²) in [5.41, 5.74) is 0.973. The molecule has 3 rings (SSSR count). The summed E-state index contributed by atoms with van der Waals surface area (Å²) < 4.78 is 32.4. The number of sulfonamides is 1. The number of hydrogen-bond acceptors (Lipinski definition) is 4. The van der Waals surface area contributed by atoms with Crippen LogP contribution in [0, 0.1) is 5.92 Å². The molecule has 1 amide bonds. The molecule has 0 bridgehead atoms. The lowest BCUT2D eigenvalue weighted by Gasteiger charge is -2.16. The maximum Gasteiger partial charge on any atom is 0.259 e. The lowest BCUT2D eigenvalue weighted by Crippen LogP contribution is -2.27. The third kappa shape index (κ3) is 4.72. The molecule has 6 nitrogen and oxygen atoms in total. The highest BCUT2D eigenvalue weighted by Gasteiger charge is 2.27. The maximum atomic E-state index is 12.7. The quantitative estimate of drug-likeness (QED) is 0.765. The van der Waals surface area contributed by atoms with Crippen molar-refractivity contribution < 1.29 is 17.9 Å². The van der Waals surface area contributed by atoms with Gasteiger partial charge in [-0.05, 0) is 55.2 Å². The van der Waals surface area contributed by atoms with Crippen LogP contribution in [0.3, 0.4) is 0 Å². The molecule has 0 aliphatic carbocycles. The molecule has 0 saturated carbocycles. The average Bonchev–Trinajstić information content (AvgIpc) is 3.23. The summed E-state index contributed by atoms with van der Waals surface area (Å²) in [6, 6.07) is 13.4. The minimum absolute atomic E-state index is 0.244. The number of rotatable bonds is 7. The second-order valence-corrected chi connectivity index (χ2v) is 9.23. The number of benzene rings is 2. The van der Waals surface area contributed by atoms with Gasteiger partial charge in [0, 0.05) is 18.8 Å². The van der Waals surface area contributed by atoms with E-state index in [1.165, 1.54) is 16.4 Å². The van der Waals surface area contributed by atoms with Crippen molar-refractivity contribution >= 4 is 21.6 Å². The SMILES string of the molecule is CC(C)COc1ccccc1C(=O)Nc1ccc(S(=O)(=O)N2CCCC2)cc1. The first-order valence-corrected chi connectivity index (χ1v) is 11.0. The molecule has 150 valence electrons. The molecule has 1 aliphatic heterocycles. The zero-order valence-corrected chi connectivity index (χ0v) is 17.0. The molecular weight excluding hydrogens is 376 g/mol. The molecule has 1 fully saturated rings. The summed E-state index contributed by atoms with van der Waals surface area (Å²) in [4.78, 5) is 12.9. The van der Waals surface area contributed by atoms with Gasteiger partial charge in [-0.25, -0.2) is 8.42 Å². The molecule has 0 atom stereocenters. The van der Waals surface area contributed by atoms with Crippen molar-refractivity contribution in [2.45, 2.75) is 31.6 Å². The van der Waals surface area contributed by atoms with Gasteiger partial charge >= 0.3 is 0 Å². The molecule has 1 aliphatic rings. The van der Waals surface area contributed by atoms with Crippen molar-refractivity contribution in [1.29, 1.82) is 0 Å². The molecular formula is C21H26N2O4S. The fourth-order valence-electron chi connectivity index (χ4n) is 3.02. The van der Waals surface area contributed by atoms with Crippen LogP contribution in [0.25, 0.3) is 0 Å². The topological polar surface area (TPSA) is 75.7 Å². The van der Waals surface area contributed by atoms with E-state index in [0.717, 1.165) is 12.8 Å². The Morgan fingerprint density at radius 2 is 1.71 bits per heavy atom. The molecule has 0 radical (unpaired) electrons. The third-order valence-electron chi connectivity index (χ3n) is 4.52. The molecule has 2 aromatic rings. The van der Waals surface area contributed by atoms with Gasteiger partial charge < -0.3 is 10.1 Å². The van der Waals surface area contributed by atoms with Crippen LogP contribution < -0.4 is 10.1 Å². The molecule has 1 saturated heterocycles. The number of hydrogen-bond donors (Lipinski definition) is 1. The summed E-state index contributed by atoms with van der Waals surface area (Å²) in [5.74, 6) is 0.581. The van der Waals surface area contributed by atoms with Crippen LogP contribution >= 0.6 is 0 Å². The highest BCUT2D eigenvalue weighted by atomic mass is 32.2. The van der Waals surface area contributed by atoms with E-state index in [0.29, 0.717) is 42.6 Å². The second kappa shape index (κ2) is 8.75. The lowest BCUT2D eigenvalue weighted by molar-refractivity contribution is 0.102. The van der Waals surface area contributed by atoms with Gasteiger partial charge in [-0.2, -0.15) is 4.31 Å². The maximum absolute atomic E-state index is 12.7. The van der Waals surface area contributed by atoms with Crippen molar-refractivity contribution in [1.82, 2.24) is 4.31 Å². The molecule has 0 spiro atoms. The number of para-hydroxylation sites is 1. The Labute approximate surface area is 166 Å². The molecule has 1 N–H and O–H groups in total. The summed E-state index contributed by atoms with van der Waals surface area (Å²) in [6.07, 6.45) is 1.79. The minimum Gasteiger partial charge on any atom is -0.492 e. The molecule has 28 heavy (non-hydrogen) atoms. The van der Waals surface area contributed by atoms with Crippen LogP contribution in [0.2, 0.25) is 0 Å². The number of nitrogens with zero attached hydrogens (tertiary/aromatic N) is 1. The van der Waals surface area contributed by atoms with Gasteiger partial charge in [-0.3, -0.25) is 4.79 Å². The van der Waals surface area contributed by atoms with Crippen molar-refractivity contribution in [3.05, 3.63) is 54.1 Å². The van der Waals surface area contributed by atoms with Crippen molar-refractivity contribution in [3.63, 3.8) is 0 Å². The Morgan fingerprint density at radius 3 is 2.36 bits per heavy atom. The average molecular weight is 403 g/mol. The first kappa shape index (κ1) is 20.4. The third-order valence-corrected chi connectivity index (χ3v) is 6.43. The highest BCUT2D eigenvalue weighted by Crippen LogP contribution is 2.24. The summed E-state index contributed by atoms with van der Waals surface area (Å²) in [5, 5.41) is 2.81. The van der Waals surface area contributed by atoms with Crippen molar-refractivity contribution in [3.8, 4) is 5.75 Å². The number of carbonyl (C=O) groups excluding carboxylic acids is 1. The molecule has 7 heteroatoms. The fourth-order valence-corrected chi connectivity index (χ4v) is 4.54. The smallest absolute Gasteiger partial charge is 0.259 e. The standard InChI is InChI=1S/C21H26N2O4S/c1-16(2)15-27-20-8-4-3-7-19(20)21(24)22-17-9-11-18(12-10-17)28(25,26)23-13-5-6-14-23/h3-4,7-12,16H,5-6,13-15H2,1-2H3,(H,22,24). The Kier molecular flexibility index (Phi) is 6.36. The Bertz CT molecular complexity index is 918. The van der Waals surface area contributed by atoms with Gasteiger partial charge in [0.05, 0.1) is 17.1 Å². The van der Waals surface area contributed by atoms with E-state index in [4.69, 9.17) is 4.74 Å². The first-order chi connectivity index (χ1) is 13.4. The van der Waals surface area contributed by atoms with E-state index in [2.05, 4.69) is 5.32 Å². The van der Waals surface area contributed by atoms with E-state index in [9.17, 15) is 13.2 Å². The predicted octanol–water partition coefficient (Wildman–Crippen LogP) is 3.76. The van der Waals surface area contributed by atoms with Crippen molar-refractivity contribution in [2.75, 3.05) is 25.0 Å². The van der Waals surface area contributed by atoms with Crippen LogP contribution in [0.1, 0.15) is 37.0 Å². The summed E-state index contributed by atoms with van der Waals surface area (Å²) >= 11 is 0. The van der Waals surface area contributed by atoms with Crippen LogP contribution in [0.4, 0.5) is 5.69 Å². The van der Waals surface area contributed by atoms with E-state index in [1.54, 1.807) is 30.3 Å². The van der Waals surface area contributed by atoms with Gasteiger partial charge in [-0.15, -0.1) is 0 Å². The lowest BCUT2D eigenvalue weighted by atomic mass is 10.1. The van der Waals surface area contributed by atoms with Gasteiger partial charge in [0.25, 0.3) is 5.91 Å². The molecule has 2 aromatic carbocycles. The van der Waals surface area contributed by atoms with E-state index in [1.807, 2.05) is 19.9 Å². The summed E-state index contributed by atoms with van der Waals surface area (Å²) in [6.45, 7) is 5.73. The minimum atomic E-state index is -3.46. The van der Waals surface area contributed by atoms with Gasteiger partial charge in [0.15, 0.2) is 0 Å². The van der Waals surface area contributed by atoms with Crippen LogP contribution in [-0.4, -0.2) is 38.3 Å². The second-order valence-electron chi connectivity index (χ2n) is 7.29. The van der Waals surface area contributed by atoms with Gasteiger partial charge in [0.1, 0.15) is 5.75 Å². The predicted molar refractivity (Wildman–Crippen MR) is 109 cm³/mol. The molecule has 0 aromatic heterocycles. The Hall–Kier alpha value is -2.38. The number of ether oxygens (including phenoxy) is 1. The number of carbonyl (C=O) groups is 1. The normalized spacial score (nSPS) is 15.0. The van der Waals surface area contributed by atoms with Gasteiger partial charge in [0.2, 0.25) is 10.0 Å². The number of anilines is 1. The van der Waals surface area contributed by atoms with E-state index < -0.39 is 10.0 Å². The van der Waals surface area contributed by atoms with Crippen LogP contribution in [0.5, 0.6) is 5.75 Å². The van der Waals surface area contributed by atoms with Gasteiger partial charge in [-0.1, -0.05) is 26.0 Å².